The summed E-state index contributed by atoms with van der Waals surface area (Å²) in [5.41, 5.74) is 1.33. The van der Waals surface area contributed by atoms with Crippen LogP contribution in [-0.4, -0.2) is 44.9 Å². The Labute approximate surface area is 145 Å². The smallest absolute Gasteiger partial charge is 0.326 e. The van der Waals surface area contributed by atoms with E-state index in [1.807, 2.05) is 38.2 Å². The number of carbonyl (C=O) groups is 3. The lowest BCUT2D eigenvalue weighted by atomic mass is 10.0. The summed E-state index contributed by atoms with van der Waals surface area (Å²) in [6.07, 6.45) is 3.95. The van der Waals surface area contributed by atoms with Gasteiger partial charge in [0.2, 0.25) is 11.8 Å². The van der Waals surface area contributed by atoms with Crippen molar-refractivity contribution in [1.82, 2.24) is 20.0 Å². The van der Waals surface area contributed by atoms with Crippen LogP contribution in [0.15, 0.2) is 30.6 Å². The first-order valence-corrected chi connectivity index (χ1v) is 8.06. The summed E-state index contributed by atoms with van der Waals surface area (Å²) >= 11 is 0. The number of hydrogen-bond acceptors (Lipinski definition) is 4. The van der Waals surface area contributed by atoms with Gasteiger partial charge < -0.3 is 20.1 Å². The van der Waals surface area contributed by atoms with Crippen molar-refractivity contribution in [2.75, 3.05) is 6.54 Å². The maximum absolute atomic E-state index is 11.9. The van der Waals surface area contributed by atoms with Crippen LogP contribution in [0.1, 0.15) is 26.0 Å². The Balaban J connectivity index is 1.82. The van der Waals surface area contributed by atoms with E-state index in [-0.39, 0.29) is 24.8 Å². The molecule has 2 amide bonds. The average Bonchev–Trinajstić information content (AvgIpc) is 2.93. The fourth-order valence-corrected chi connectivity index (χ4v) is 2.42. The zero-order chi connectivity index (χ0) is 18.4. The van der Waals surface area contributed by atoms with Gasteiger partial charge in [-0.15, -0.1) is 0 Å². The van der Waals surface area contributed by atoms with Crippen molar-refractivity contribution in [3.8, 4) is 0 Å². The molecule has 2 aromatic heterocycles. The summed E-state index contributed by atoms with van der Waals surface area (Å²) in [4.78, 5) is 39.2. The van der Waals surface area contributed by atoms with Gasteiger partial charge in [-0.1, -0.05) is 19.9 Å². The Morgan fingerprint density at radius 2 is 2.00 bits per heavy atom. The van der Waals surface area contributed by atoms with E-state index >= 15 is 0 Å². The highest BCUT2D eigenvalue weighted by Gasteiger charge is 2.21. The molecule has 0 aliphatic heterocycles. The first-order chi connectivity index (χ1) is 11.8. The molecule has 0 unspecified atom stereocenters. The minimum Gasteiger partial charge on any atom is -0.480 e. The number of hydrogen-bond donors (Lipinski definition) is 3. The van der Waals surface area contributed by atoms with Crippen LogP contribution in [0.3, 0.4) is 0 Å². The fourth-order valence-electron chi connectivity index (χ4n) is 2.42. The van der Waals surface area contributed by atoms with Gasteiger partial charge >= 0.3 is 5.97 Å². The van der Waals surface area contributed by atoms with E-state index < -0.39 is 17.9 Å². The van der Waals surface area contributed by atoms with E-state index in [1.54, 1.807) is 10.6 Å². The number of imidazole rings is 1. The lowest BCUT2D eigenvalue weighted by Crippen LogP contribution is -2.46. The number of aromatic nitrogens is 2. The second-order valence-electron chi connectivity index (χ2n) is 6.24. The number of rotatable bonds is 8. The summed E-state index contributed by atoms with van der Waals surface area (Å²) in [6, 6.07) is 4.59. The molecule has 0 aliphatic rings. The number of nitrogens with zero attached hydrogens (tertiary/aromatic N) is 2. The van der Waals surface area contributed by atoms with Gasteiger partial charge in [-0.3, -0.25) is 9.59 Å². The van der Waals surface area contributed by atoms with Crippen molar-refractivity contribution >= 4 is 23.4 Å². The number of carbonyl (C=O) groups excluding carboxylic acids is 2. The van der Waals surface area contributed by atoms with Gasteiger partial charge in [0.15, 0.2) is 0 Å². The summed E-state index contributed by atoms with van der Waals surface area (Å²) in [7, 11) is 0. The van der Waals surface area contributed by atoms with Gasteiger partial charge in [0.25, 0.3) is 0 Å². The topological polar surface area (TPSA) is 113 Å². The maximum atomic E-state index is 11.9. The van der Waals surface area contributed by atoms with Crippen LogP contribution in [0.2, 0.25) is 0 Å². The van der Waals surface area contributed by atoms with Crippen molar-refractivity contribution in [1.29, 1.82) is 0 Å². The molecule has 0 saturated heterocycles. The van der Waals surface area contributed by atoms with E-state index in [0.29, 0.717) is 12.1 Å². The molecular weight excluding hydrogens is 324 g/mol. The minimum absolute atomic E-state index is 0.0450. The molecule has 0 aliphatic carbocycles. The Morgan fingerprint density at radius 3 is 2.64 bits per heavy atom. The summed E-state index contributed by atoms with van der Waals surface area (Å²) < 4.78 is 1.80. The maximum Gasteiger partial charge on any atom is 0.326 e. The Bertz CT molecular complexity index is 736. The molecule has 2 heterocycles. The zero-order valence-electron chi connectivity index (χ0n) is 14.2. The molecule has 0 fully saturated rings. The van der Waals surface area contributed by atoms with E-state index in [9.17, 15) is 14.4 Å². The van der Waals surface area contributed by atoms with E-state index in [1.165, 1.54) is 0 Å². The van der Waals surface area contributed by atoms with Crippen molar-refractivity contribution in [2.45, 2.75) is 32.7 Å². The van der Waals surface area contributed by atoms with Gasteiger partial charge in [-0.2, -0.15) is 0 Å². The lowest BCUT2D eigenvalue weighted by Gasteiger charge is -2.16. The molecule has 2 aromatic rings. The van der Waals surface area contributed by atoms with Crippen LogP contribution in [0.25, 0.3) is 5.65 Å². The number of carboxylic acids is 1. The highest BCUT2D eigenvalue weighted by atomic mass is 16.4. The summed E-state index contributed by atoms with van der Waals surface area (Å²) in [5.74, 6) is -1.84. The summed E-state index contributed by atoms with van der Waals surface area (Å²) in [6.45, 7) is 3.48. The van der Waals surface area contributed by atoms with Gasteiger partial charge in [-0.25, -0.2) is 9.78 Å². The van der Waals surface area contributed by atoms with Gasteiger partial charge in [0.05, 0.1) is 18.7 Å². The van der Waals surface area contributed by atoms with Crippen molar-refractivity contribution in [3.63, 3.8) is 0 Å². The highest BCUT2D eigenvalue weighted by molar-refractivity contribution is 5.88. The molecule has 8 nitrogen and oxygen atoms in total. The number of aliphatic carboxylic acids is 1. The largest absolute Gasteiger partial charge is 0.480 e. The first kappa shape index (κ1) is 18.4. The molecule has 8 heteroatoms. The molecule has 0 aromatic carbocycles. The Kier molecular flexibility index (Phi) is 6.10. The molecule has 0 radical (unpaired) electrons. The van der Waals surface area contributed by atoms with Crippen LogP contribution >= 0.6 is 0 Å². The molecule has 3 N–H and O–H groups in total. The number of nitrogens with one attached hydrogen (secondary N) is 2. The third kappa shape index (κ3) is 5.59. The number of pyridine rings is 1. The number of carboxylic acid groups (broad SMARTS) is 1. The second kappa shape index (κ2) is 8.27. The van der Waals surface area contributed by atoms with Gasteiger partial charge in [0.1, 0.15) is 11.7 Å². The third-order valence-corrected chi connectivity index (χ3v) is 3.54. The highest BCUT2D eigenvalue weighted by Crippen LogP contribution is 2.06. The van der Waals surface area contributed by atoms with Crippen LogP contribution in [0.4, 0.5) is 0 Å². The van der Waals surface area contributed by atoms with Gasteiger partial charge in [-0.05, 0) is 24.5 Å². The van der Waals surface area contributed by atoms with Crippen LogP contribution in [0.5, 0.6) is 0 Å². The van der Waals surface area contributed by atoms with Crippen molar-refractivity contribution in [3.05, 3.63) is 36.3 Å². The third-order valence-electron chi connectivity index (χ3n) is 3.54. The van der Waals surface area contributed by atoms with Crippen LogP contribution in [0, 0.1) is 5.92 Å². The van der Waals surface area contributed by atoms with E-state index in [2.05, 4.69) is 15.6 Å². The molecule has 2 rings (SSSR count). The zero-order valence-corrected chi connectivity index (χ0v) is 14.2. The molecule has 0 spiro atoms. The molecule has 0 bridgehead atoms. The SMILES string of the molecule is CC(C)C[C@H](NC(=O)CNC(=O)Cc1cn2ccccc2n1)C(=O)O. The molecular formula is C17H22N4O4. The first-order valence-electron chi connectivity index (χ1n) is 8.06. The second-order valence-corrected chi connectivity index (χ2v) is 6.24. The normalized spacial score (nSPS) is 12.1. The standard InChI is InChI=1S/C17H22N4O4/c1-11(2)7-13(17(24)25)20-16(23)9-18-15(22)8-12-10-21-6-4-3-5-14(21)19-12/h3-6,10-11,13H,7-9H2,1-2H3,(H,18,22)(H,20,23)(H,24,25)/t13-/m0/s1. The minimum atomic E-state index is -1.09. The molecule has 25 heavy (non-hydrogen) atoms. The Morgan fingerprint density at radius 1 is 1.24 bits per heavy atom. The van der Waals surface area contributed by atoms with Gasteiger partial charge in [0, 0.05) is 12.4 Å². The fraction of sp³-hybridized carbons (Fsp3) is 0.412. The number of amides is 2. The molecule has 134 valence electrons. The van der Waals surface area contributed by atoms with Crippen LogP contribution in [-0.2, 0) is 20.8 Å². The molecule has 1 atom stereocenters. The quantitative estimate of drug-likeness (QED) is 0.648. The Hall–Kier alpha value is -2.90. The average molecular weight is 346 g/mol. The number of fused-ring (bicyclic) bond motifs is 1. The lowest BCUT2D eigenvalue weighted by molar-refractivity contribution is -0.142. The van der Waals surface area contributed by atoms with Crippen molar-refractivity contribution < 1.29 is 19.5 Å². The van der Waals surface area contributed by atoms with E-state index in [0.717, 1.165) is 5.65 Å². The summed E-state index contributed by atoms with van der Waals surface area (Å²) in [5, 5.41) is 14.0. The monoisotopic (exact) mass is 346 g/mol. The predicted molar refractivity (Wildman–Crippen MR) is 90.9 cm³/mol. The van der Waals surface area contributed by atoms with Crippen LogP contribution < -0.4 is 10.6 Å². The predicted octanol–water partition coefficient (Wildman–Crippen LogP) is 0.609. The van der Waals surface area contributed by atoms with Crippen molar-refractivity contribution in [2.24, 2.45) is 5.92 Å². The molecule has 0 saturated carbocycles. The van der Waals surface area contributed by atoms with E-state index in [4.69, 9.17) is 5.11 Å².